The van der Waals surface area contributed by atoms with Gasteiger partial charge in [-0.15, -0.1) is 0 Å². The third kappa shape index (κ3) is 5.31. The molecule has 0 aliphatic heterocycles. The van der Waals surface area contributed by atoms with Crippen molar-refractivity contribution in [2.24, 2.45) is 0 Å². The number of carbonyl (C=O) groups is 1. The molecular formula is C18H10ClF9N2O5. The molecule has 0 radical (unpaired) electrons. The first-order valence-corrected chi connectivity index (χ1v) is 9.07. The minimum Gasteiger partial charge on any atom is -0.490 e. The predicted molar refractivity (Wildman–Crippen MR) is 101 cm³/mol. The van der Waals surface area contributed by atoms with Gasteiger partial charge in [-0.2, -0.15) is 35.1 Å². The first-order chi connectivity index (χ1) is 16.0. The molecule has 0 unspecified atom stereocenters. The van der Waals surface area contributed by atoms with Gasteiger partial charge in [0.05, 0.1) is 22.6 Å². The summed E-state index contributed by atoms with van der Waals surface area (Å²) in [6.07, 6.45) is -13.2. The third-order valence-corrected chi connectivity index (χ3v) is 4.63. The minimum atomic E-state index is -6.60. The summed E-state index contributed by atoms with van der Waals surface area (Å²) < 4.78 is 127. The zero-order chi connectivity index (χ0) is 26.9. The molecule has 192 valence electrons. The van der Waals surface area contributed by atoms with Gasteiger partial charge in [0.25, 0.3) is 5.91 Å². The van der Waals surface area contributed by atoms with Gasteiger partial charge in [0.15, 0.2) is 5.75 Å². The first-order valence-electron chi connectivity index (χ1n) is 8.69. The second kappa shape index (κ2) is 9.67. The molecule has 2 rings (SSSR count). The number of hydrogen-bond acceptors (Lipinski definition) is 5. The maximum absolute atomic E-state index is 14.4. The van der Waals surface area contributed by atoms with Crippen LogP contribution in [0.25, 0.3) is 0 Å². The fourth-order valence-electron chi connectivity index (χ4n) is 2.82. The predicted octanol–water partition coefficient (Wildman–Crippen LogP) is 6.40. The van der Waals surface area contributed by atoms with Crippen molar-refractivity contribution in [2.45, 2.75) is 24.6 Å². The number of nitro groups is 1. The molecule has 0 saturated carbocycles. The summed E-state index contributed by atoms with van der Waals surface area (Å²) in [4.78, 5) is 22.8. The smallest absolute Gasteiger partial charge is 0.435 e. The van der Waals surface area contributed by atoms with Crippen molar-refractivity contribution in [1.29, 1.82) is 0 Å². The molecule has 1 N–H and O–H groups in total. The van der Waals surface area contributed by atoms with Crippen LogP contribution in [-0.4, -0.2) is 36.9 Å². The summed E-state index contributed by atoms with van der Waals surface area (Å²) in [6.45, 7) is -3.87. The summed E-state index contributed by atoms with van der Waals surface area (Å²) in [5.74, 6) is -3.57. The number of methoxy groups -OCH3 is 1. The number of alkyl halides is 9. The quantitative estimate of drug-likeness (QED) is 0.249. The molecule has 0 aromatic heterocycles. The van der Waals surface area contributed by atoms with E-state index in [1.807, 2.05) is 0 Å². The van der Waals surface area contributed by atoms with Crippen LogP contribution in [0.15, 0.2) is 30.3 Å². The Morgan fingerprint density at radius 1 is 1.09 bits per heavy atom. The number of rotatable bonds is 7. The van der Waals surface area contributed by atoms with Gasteiger partial charge in [0.1, 0.15) is 5.69 Å². The van der Waals surface area contributed by atoms with E-state index in [0.29, 0.717) is 0 Å². The summed E-state index contributed by atoms with van der Waals surface area (Å²) in [5, 5.41) is 11.6. The highest BCUT2D eigenvalue weighted by atomic mass is 35.5. The number of hydrogen-bond donors (Lipinski definition) is 1. The van der Waals surface area contributed by atoms with Crippen LogP contribution in [-0.2, 0) is 5.67 Å². The molecule has 7 nitrogen and oxygen atoms in total. The van der Waals surface area contributed by atoms with Crippen LogP contribution in [0, 0.1) is 10.1 Å². The monoisotopic (exact) mass is 540 g/mol. The average Bonchev–Trinajstić information content (AvgIpc) is 2.72. The molecule has 2 aromatic rings. The third-order valence-electron chi connectivity index (χ3n) is 4.33. The highest BCUT2D eigenvalue weighted by Crippen LogP contribution is 2.55. The second-order valence-corrected chi connectivity index (χ2v) is 6.84. The molecule has 0 spiro atoms. The van der Waals surface area contributed by atoms with Gasteiger partial charge < -0.3 is 14.8 Å². The standard InChI is InChI=1S/C18H10ClF9N2O5/c1-34-13-8(3-2-4-10(13)30(32)33)14(31)29-12-9(19)5-7(6-11(12)35-15(20)21)16(22,17(23,24)25)18(26,27)28/h2-6,15H,1H3,(H,29,31). The lowest BCUT2D eigenvalue weighted by Gasteiger charge is -2.31. The van der Waals surface area contributed by atoms with Gasteiger partial charge >= 0.3 is 30.3 Å². The first kappa shape index (κ1) is 27.8. The Morgan fingerprint density at radius 2 is 1.66 bits per heavy atom. The summed E-state index contributed by atoms with van der Waals surface area (Å²) >= 11 is 5.63. The zero-order valence-corrected chi connectivity index (χ0v) is 17.5. The number of benzene rings is 2. The summed E-state index contributed by atoms with van der Waals surface area (Å²) in [6, 6.07) is 2.34. The second-order valence-electron chi connectivity index (χ2n) is 6.43. The Labute approximate surface area is 193 Å². The molecule has 0 aliphatic rings. The topological polar surface area (TPSA) is 90.7 Å². The van der Waals surface area contributed by atoms with Crippen molar-refractivity contribution < 1.29 is 58.7 Å². The molecule has 17 heteroatoms. The van der Waals surface area contributed by atoms with E-state index in [1.165, 1.54) is 0 Å². The Balaban J connectivity index is 2.69. The number of anilines is 1. The lowest BCUT2D eigenvalue weighted by Crippen LogP contribution is -2.50. The molecule has 0 saturated heterocycles. The Morgan fingerprint density at radius 3 is 2.11 bits per heavy atom. The highest BCUT2D eigenvalue weighted by molar-refractivity contribution is 6.34. The minimum absolute atomic E-state index is 0.193. The normalized spacial score (nSPS) is 12.5. The molecule has 0 heterocycles. The highest BCUT2D eigenvalue weighted by Gasteiger charge is 2.73. The van der Waals surface area contributed by atoms with Gasteiger partial charge in [-0.05, 0) is 18.2 Å². The van der Waals surface area contributed by atoms with Crippen molar-refractivity contribution >= 4 is 28.9 Å². The van der Waals surface area contributed by atoms with Gasteiger partial charge in [-0.25, -0.2) is 4.39 Å². The van der Waals surface area contributed by atoms with Crippen LogP contribution in [0.5, 0.6) is 11.5 Å². The number of nitrogens with one attached hydrogen (secondary N) is 1. The van der Waals surface area contributed by atoms with Gasteiger partial charge in [0.2, 0.25) is 5.75 Å². The number of nitro benzene ring substituents is 1. The number of ether oxygens (including phenoxy) is 2. The van der Waals surface area contributed by atoms with E-state index in [4.69, 9.17) is 16.3 Å². The van der Waals surface area contributed by atoms with Gasteiger partial charge in [-0.3, -0.25) is 14.9 Å². The molecule has 0 atom stereocenters. The fourth-order valence-corrected chi connectivity index (χ4v) is 3.08. The molecule has 1 amide bonds. The molecule has 35 heavy (non-hydrogen) atoms. The fraction of sp³-hybridized carbons (Fsp3) is 0.278. The Bertz CT molecular complexity index is 1120. The van der Waals surface area contributed by atoms with E-state index in [-0.39, 0.29) is 12.1 Å². The van der Waals surface area contributed by atoms with Crippen LogP contribution >= 0.6 is 11.6 Å². The van der Waals surface area contributed by atoms with Gasteiger partial charge in [0, 0.05) is 11.6 Å². The molecule has 2 aromatic carbocycles. The number of amides is 1. The van der Waals surface area contributed by atoms with E-state index in [0.717, 1.165) is 25.3 Å². The summed E-state index contributed by atoms with van der Waals surface area (Å²) in [5.41, 5.74) is -10.7. The van der Waals surface area contributed by atoms with Crippen molar-refractivity contribution in [1.82, 2.24) is 0 Å². The molecule has 0 fully saturated rings. The average molecular weight is 541 g/mol. The number of carbonyl (C=O) groups excluding carboxylic acids is 1. The Kier molecular flexibility index (Phi) is 7.69. The van der Waals surface area contributed by atoms with Crippen LogP contribution in [0.4, 0.5) is 50.9 Å². The maximum atomic E-state index is 14.4. The zero-order valence-electron chi connectivity index (χ0n) is 16.7. The SMILES string of the molecule is COc1c(C(=O)Nc2c(Cl)cc(C(F)(C(F)(F)F)C(F)(F)F)cc2OC(F)F)cccc1[N+](=O)[O-]. The van der Waals surface area contributed by atoms with E-state index in [2.05, 4.69) is 4.74 Å². The molecular weight excluding hydrogens is 531 g/mol. The largest absolute Gasteiger partial charge is 0.490 e. The van der Waals surface area contributed by atoms with E-state index < -0.39 is 74.5 Å². The number of halogens is 10. The van der Waals surface area contributed by atoms with E-state index >= 15 is 0 Å². The lowest BCUT2D eigenvalue weighted by molar-refractivity contribution is -0.385. The van der Waals surface area contributed by atoms with Gasteiger partial charge in [-0.1, -0.05) is 17.7 Å². The molecule has 0 aliphatic carbocycles. The van der Waals surface area contributed by atoms with Crippen molar-refractivity contribution in [3.8, 4) is 11.5 Å². The molecule has 0 bridgehead atoms. The van der Waals surface area contributed by atoms with Crippen LogP contribution < -0.4 is 14.8 Å². The maximum Gasteiger partial charge on any atom is 0.435 e. The van der Waals surface area contributed by atoms with Crippen molar-refractivity contribution in [3.05, 3.63) is 56.6 Å². The van der Waals surface area contributed by atoms with E-state index in [9.17, 15) is 54.4 Å². The number of para-hydroxylation sites is 1. The van der Waals surface area contributed by atoms with Crippen LogP contribution in [0.1, 0.15) is 15.9 Å². The van der Waals surface area contributed by atoms with Crippen LogP contribution in [0.2, 0.25) is 5.02 Å². The summed E-state index contributed by atoms with van der Waals surface area (Å²) in [7, 11) is 0.932. The van der Waals surface area contributed by atoms with Crippen molar-refractivity contribution in [3.63, 3.8) is 0 Å². The van der Waals surface area contributed by atoms with E-state index in [1.54, 1.807) is 5.32 Å². The number of nitrogens with zero attached hydrogens (tertiary/aromatic N) is 1. The Hall–Kier alpha value is -3.43. The lowest BCUT2D eigenvalue weighted by atomic mass is 9.93. The van der Waals surface area contributed by atoms with Crippen LogP contribution in [0.3, 0.4) is 0 Å². The van der Waals surface area contributed by atoms with Crippen molar-refractivity contribution in [2.75, 3.05) is 12.4 Å².